The number of oxazole rings is 1. The number of aromatic nitrogens is 1. The summed E-state index contributed by atoms with van der Waals surface area (Å²) in [4.78, 5) is 16.8. The zero-order chi connectivity index (χ0) is 21.3. The van der Waals surface area contributed by atoms with E-state index in [1.54, 1.807) is 0 Å². The average molecular weight is 409 g/mol. The van der Waals surface area contributed by atoms with E-state index in [0.29, 0.717) is 11.6 Å². The van der Waals surface area contributed by atoms with Crippen LogP contribution in [0, 0.1) is 5.92 Å². The summed E-state index contributed by atoms with van der Waals surface area (Å²) in [6.45, 7) is 7.19. The van der Waals surface area contributed by atoms with Crippen LogP contribution in [0.4, 0.5) is 11.4 Å². The second-order valence-corrected chi connectivity index (χ2v) is 8.70. The van der Waals surface area contributed by atoms with Gasteiger partial charge in [0.2, 0.25) is 5.89 Å². The minimum atomic E-state index is -0.447. The second kappa shape index (κ2) is 7.99. The van der Waals surface area contributed by atoms with E-state index in [0.717, 1.165) is 48.3 Å². The first-order chi connectivity index (χ1) is 14.3. The van der Waals surface area contributed by atoms with E-state index in [9.17, 15) is 4.79 Å². The topological polar surface area (TPSA) is 93.6 Å². The number of carbonyl (C=O) groups is 1. The number of para-hydroxylation sites is 2. The van der Waals surface area contributed by atoms with Gasteiger partial charge < -0.3 is 20.3 Å². The number of fused-ring (bicyclic) bond motifs is 1. The van der Waals surface area contributed by atoms with Crippen molar-refractivity contribution in [2.45, 2.75) is 39.2 Å². The highest BCUT2D eigenvalue weighted by molar-refractivity contribution is 5.78. The average Bonchev–Trinajstić information content (AvgIpc) is 3.13. The first kappa shape index (κ1) is 20.2. The van der Waals surface area contributed by atoms with Crippen molar-refractivity contribution in [3.63, 3.8) is 0 Å². The largest absolute Gasteiger partial charge is 0.460 e. The van der Waals surface area contributed by atoms with Crippen LogP contribution in [-0.4, -0.2) is 34.7 Å². The molecule has 3 N–H and O–H groups in total. The fraction of sp³-hybridized carbons (Fsp3) is 0.391. The molecule has 1 aromatic heterocycles. The van der Waals surface area contributed by atoms with E-state index in [1.807, 2.05) is 63.2 Å². The maximum atomic E-state index is 12.3. The number of carbonyl (C=O) groups excluding carboxylic acids is 1. The number of hydrazine groups is 1. The Morgan fingerprint density at radius 1 is 1.20 bits per heavy atom. The summed E-state index contributed by atoms with van der Waals surface area (Å²) >= 11 is 0. The number of benzene rings is 2. The molecule has 7 nitrogen and oxygen atoms in total. The van der Waals surface area contributed by atoms with Gasteiger partial charge in [-0.15, -0.1) is 0 Å². The van der Waals surface area contributed by atoms with Crippen molar-refractivity contribution in [2.24, 2.45) is 5.92 Å². The third-order valence-electron chi connectivity index (χ3n) is 5.11. The zero-order valence-corrected chi connectivity index (χ0v) is 17.6. The fourth-order valence-corrected chi connectivity index (χ4v) is 3.58. The Bertz CT molecular complexity index is 1010. The summed E-state index contributed by atoms with van der Waals surface area (Å²) in [5.41, 5.74) is 13.0. The highest BCUT2D eigenvalue weighted by Crippen LogP contribution is 2.30. The Morgan fingerprint density at radius 3 is 2.60 bits per heavy atom. The van der Waals surface area contributed by atoms with Gasteiger partial charge in [-0.2, -0.15) is 0 Å². The van der Waals surface area contributed by atoms with Gasteiger partial charge in [0.05, 0.1) is 17.3 Å². The molecule has 0 spiro atoms. The Hall–Kier alpha value is -3.06. The summed E-state index contributed by atoms with van der Waals surface area (Å²) < 4.78 is 11.3. The number of nitrogens with zero attached hydrogens (tertiary/aromatic N) is 2. The molecule has 3 aromatic rings. The van der Waals surface area contributed by atoms with Gasteiger partial charge in [0.15, 0.2) is 5.58 Å². The van der Waals surface area contributed by atoms with Crippen LogP contribution in [0.5, 0.6) is 0 Å². The van der Waals surface area contributed by atoms with E-state index < -0.39 is 5.60 Å². The highest BCUT2D eigenvalue weighted by Gasteiger charge is 2.29. The van der Waals surface area contributed by atoms with Crippen LogP contribution in [0.25, 0.3) is 22.6 Å². The SMILES string of the molecule is CC(C)(C)OC(=O)C1CCN(Nc2ccc(-c3nc4ccccc4o3)cc2N)CC1. The third-order valence-corrected chi connectivity index (χ3v) is 5.11. The number of hydrogen-bond acceptors (Lipinski definition) is 7. The minimum absolute atomic E-state index is 0.0545. The molecule has 4 rings (SSSR count). The first-order valence-corrected chi connectivity index (χ1v) is 10.3. The molecule has 2 aromatic carbocycles. The number of esters is 1. The molecule has 30 heavy (non-hydrogen) atoms. The predicted molar refractivity (Wildman–Crippen MR) is 118 cm³/mol. The van der Waals surface area contributed by atoms with Crippen LogP contribution in [0.15, 0.2) is 46.9 Å². The molecular weight excluding hydrogens is 380 g/mol. The van der Waals surface area contributed by atoms with Crippen LogP contribution in [0.2, 0.25) is 0 Å². The molecule has 1 saturated heterocycles. The number of anilines is 2. The number of nitrogens with one attached hydrogen (secondary N) is 1. The van der Waals surface area contributed by atoms with Gasteiger partial charge in [0, 0.05) is 18.7 Å². The zero-order valence-electron chi connectivity index (χ0n) is 17.6. The predicted octanol–water partition coefficient (Wildman–Crippen LogP) is 4.46. The molecule has 1 aliphatic heterocycles. The maximum Gasteiger partial charge on any atom is 0.309 e. The van der Waals surface area contributed by atoms with Gasteiger partial charge in [0.25, 0.3) is 0 Å². The van der Waals surface area contributed by atoms with E-state index in [-0.39, 0.29) is 11.9 Å². The molecule has 0 radical (unpaired) electrons. The molecule has 158 valence electrons. The van der Waals surface area contributed by atoms with E-state index >= 15 is 0 Å². The van der Waals surface area contributed by atoms with Crippen LogP contribution in [0.3, 0.4) is 0 Å². The van der Waals surface area contributed by atoms with Crippen LogP contribution < -0.4 is 11.2 Å². The Labute approximate surface area is 176 Å². The minimum Gasteiger partial charge on any atom is -0.460 e. The number of piperidine rings is 1. The lowest BCUT2D eigenvalue weighted by atomic mass is 9.97. The van der Waals surface area contributed by atoms with E-state index in [2.05, 4.69) is 15.4 Å². The normalized spacial score (nSPS) is 16.0. The number of ether oxygens (including phenoxy) is 1. The van der Waals surface area contributed by atoms with Crippen molar-refractivity contribution in [3.05, 3.63) is 42.5 Å². The van der Waals surface area contributed by atoms with Gasteiger partial charge in [-0.3, -0.25) is 4.79 Å². The summed E-state index contributed by atoms with van der Waals surface area (Å²) in [6, 6.07) is 13.4. The van der Waals surface area contributed by atoms with Crippen LogP contribution in [0.1, 0.15) is 33.6 Å². The highest BCUT2D eigenvalue weighted by atomic mass is 16.6. The first-order valence-electron chi connectivity index (χ1n) is 10.3. The van der Waals surface area contributed by atoms with Gasteiger partial charge in [-0.25, -0.2) is 9.99 Å². The number of rotatable bonds is 4. The quantitative estimate of drug-likeness (QED) is 0.486. The molecule has 7 heteroatoms. The summed E-state index contributed by atoms with van der Waals surface area (Å²) in [5, 5.41) is 2.09. The lowest BCUT2D eigenvalue weighted by Gasteiger charge is -2.33. The molecule has 0 amide bonds. The number of hydrogen-bond donors (Lipinski definition) is 2. The van der Waals surface area contributed by atoms with Crippen molar-refractivity contribution in [2.75, 3.05) is 24.2 Å². The molecule has 1 fully saturated rings. The van der Waals surface area contributed by atoms with Crippen molar-refractivity contribution in [1.82, 2.24) is 9.99 Å². The van der Waals surface area contributed by atoms with Crippen LogP contribution >= 0.6 is 0 Å². The second-order valence-electron chi connectivity index (χ2n) is 8.70. The molecule has 0 unspecified atom stereocenters. The smallest absolute Gasteiger partial charge is 0.309 e. The maximum absolute atomic E-state index is 12.3. The summed E-state index contributed by atoms with van der Waals surface area (Å²) in [5.74, 6) is 0.387. The fourth-order valence-electron chi connectivity index (χ4n) is 3.58. The molecule has 0 saturated carbocycles. The number of nitrogens with two attached hydrogens (primary N) is 1. The molecule has 0 aliphatic carbocycles. The van der Waals surface area contributed by atoms with E-state index in [1.165, 1.54) is 0 Å². The third kappa shape index (κ3) is 4.57. The number of nitrogen functional groups attached to an aromatic ring is 1. The molecular formula is C23H28N4O3. The standard InChI is InChI=1S/C23H28N4O3/c1-23(2,3)30-22(28)15-10-12-27(13-11-15)26-18-9-8-16(14-17(18)24)21-25-19-6-4-5-7-20(19)29-21/h4-9,14-15,26H,10-13,24H2,1-3H3. The van der Waals surface area contributed by atoms with E-state index in [4.69, 9.17) is 14.9 Å². The lowest BCUT2D eigenvalue weighted by molar-refractivity contribution is -0.161. The van der Waals surface area contributed by atoms with Crippen molar-refractivity contribution >= 4 is 28.4 Å². The van der Waals surface area contributed by atoms with Gasteiger partial charge in [-0.1, -0.05) is 12.1 Å². The Morgan fingerprint density at radius 2 is 1.93 bits per heavy atom. The monoisotopic (exact) mass is 408 g/mol. The lowest BCUT2D eigenvalue weighted by Crippen LogP contribution is -2.41. The van der Waals surface area contributed by atoms with Gasteiger partial charge in [0.1, 0.15) is 11.1 Å². The van der Waals surface area contributed by atoms with Gasteiger partial charge in [-0.05, 0) is 63.9 Å². The van der Waals surface area contributed by atoms with Crippen molar-refractivity contribution < 1.29 is 13.9 Å². The molecule has 0 bridgehead atoms. The Balaban J connectivity index is 1.38. The van der Waals surface area contributed by atoms with Gasteiger partial charge >= 0.3 is 5.97 Å². The van der Waals surface area contributed by atoms with Crippen molar-refractivity contribution in [3.8, 4) is 11.5 Å². The summed E-state index contributed by atoms with van der Waals surface area (Å²) in [7, 11) is 0. The van der Waals surface area contributed by atoms with Crippen molar-refractivity contribution in [1.29, 1.82) is 0 Å². The molecule has 0 atom stereocenters. The molecule has 1 aliphatic rings. The summed E-state index contributed by atoms with van der Waals surface area (Å²) in [6.07, 6.45) is 1.51. The van der Waals surface area contributed by atoms with Crippen LogP contribution in [-0.2, 0) is 9.53 Å². The molecule has 2 heterocycles. The Kier molecular flexibility index (Phi) is 5.39.